The molecule has 0 saturated heterocycles. The van der Waals surface area contributed by atoms with Crippen LogP contribution in [0.5, 0.6) is 0 Å². The normalized spacial score (nSPS) is 11.8. The molecule has 0 unspecified atom stereocenters. The number of rotatable bonds is 3. The van der Waals surface area contributed by atoms with Crippen molar-refractivity contribution in [1.82, 2.24) is 14.5 Å². The maximum absolute atomic E-state index is 11.9. The van der Waals surface area contributed by atoms with Crippen molar-refractivity contribution in [2.75, 3.05) is 7.11 Å². The van der Waals surface area contributed by atoms with E-state index in [1.807, 2.05) is 9.97 Å². The summed E-state index contributed by atoms with van der Waals surface area (Å²) in [5, 5.41) is 0. The second kappa shape index (κ2) is 5.39. The Morgan fingerprint density at radius 1 is 1.10 bits per heavy atom. The molecule has 2 rings (SSSR count). The zero-order valence-corrected chi connectivity index (χ0v) is 10.5. The van der Waals surface area contributed by atoms with Gasteiger partial charge in [0.15, 0.2) is 6.04 Å². The van der Waals surface area contributed by atoms with Crippen molar-refractivity contribution in [3.63, 3.8) is 0 Å². The molecule has 0 saturated carbocycles. The standard InChI is InChI=1S/C12H11N3O5/c1-20-9(16)8(7-5-3-2-4-6-7)15-11(18)13-10(17)14-12(15)19/h2-6,8H,1H3,(H2,13,14,17,18,19)/t8-/m0/s1. The summed E-state index contributed by atoms with van der Waals surface area (Å²) in [6.45, 7) is 0. The first kappa shape index (κ1) is 13.5. The minimum absolute atomic E-state index is 0.388. The summed E-state index contributed by atoms with van der Waals surface area (Å²) >= 11 is 0. The predicted octanol–water partition coefficient (Wildman–Crippen LogP) is -1.01. The van der Waals surface area contributed by atoms with Gasteiger partial charge in [0.05, 0.1) is 7.11 Å². The number of benzene rings is 1. The Morgan fingerprint density at radius 2 is 1.65 bits per heavy atom. The van der Waals surface area contributed by atoms with E-state index in [1.165, 1.54) is 0 Å². The van der Waals surface area contributed by atoms with Crippen LogP contribution in [0.3, 0.4) is 0 Å². The van der Waals surface area contributed by atoms with Crippen molar-refractivity contribution in [2.24, 2.45) is 0 Å². The van der Waals surface area contributed by atoms with E-state index in [2.05, 4.69) is 4.74 Å². The number of ether oxygens (including phenoxy) is 1. The monoisotopic (exact) mass is 277 g/mol. The molecular formula is C12H11N3O5. The number of hydrogen-bond acceptors (Lipinski definition) is 5. The van der Waals surface area contributed by atoms with Gasteiger partial charge in [-0.05, 0) is 5.56 Å². The number of nitrogens with zero attached hydrogens (tertiary/aromatic N) is 1. The molecule has 0 radical (unpaired) electrons. The third-order valence-corrected chi connectivity index (χ3v) is 2.68. The number of hydrogen-bond donors (Lipinski definition) is 2. The second-order valence-corrected chi connectivity index (χ2v) is 3.90. The summed E-state index contributed by atoms with van der Waals surface area (Å²) in [7, 11) is 1.14. The van der Waals surface area contributed by atoms with E-state index in [1.54, 1.807) is 30.3 Å². The molecular weight excluding hydrogens is 266 g/mol. The SMILES string of the molecule is COC(=O)[C@H](c1ccccc1)n1c(=O)[nH]c(=O)[nH]c1=O. The summed E-state index contributed by atoms with van der Waals surface area (Å²) in [4.78, 5) is 50.2. The zero-order chi connectivity index (χ0) is 14.7. The minimum atomic E-state index is -1.27. The topological polar surface area (TPSA) is 114 Å². The van der Waals surface area contributed by atoms with E-state index in [4.69, 9.17) is 0 Å². The lowest BCUT2D eigenvalue weighted by atomic mass is 10.1. The molecule has 20 heavy (non-hydrogen) atoms. The van der Waals surface area contributed by atoms with Crippen LogP contribution >= 0.6 is 0 Å². The van der Waals surface area contributed by atoms with Crippen LogP contribution in [0.15, 0.2) is 44.7 Å². The highest BCUT2D eigenvalue weighted by Gasteiger charge is 2.26. The maximum atomic E-state index is 11.9. The predicted molar refractivity (Wildman–Crippen MR) is 68.5 cm³/mol. The van der Waals surface area contributed by atoms with Gasteiger partial charge in [-0.1, -0.05) is 30.3 Å². The number of aromatic nitrogens is 3. The lowest BCUT2D eigenvalue weighted by Gasteiger charge is -2.15. The highest BCUT2D eigenvalue weighted by molar-refractivity contribution is 5.77. The highest BCUT2D eigenvalue weighted by atomic mass is 16.5. The van der Waals surface area contributed by atoms with Crippen LogP contribution in [0.4, 0.5) is 0 Å². The van der Waals surface area contributed by atoms with Crippen LogP contribution in [0.2, 0.25) is 0 Å². The Kier molecular flexibility index (Phi) is 3.65. The summed E-state index contributed by atoms with van der Waals surface area (Å²) in [6, 6.07) is 6.88. The fourth-order valence-electron chi connectivity index (χ4n) is 1.81. The summed E-state index contributed by atoms with van der Waals surface area (Å²) in [5.41, 5.74) is -2.53. The van der Waals surface area contributed by atoms with Gasteiger partial charge in [0, 0.05) is 0 Å². The van der Waals surface area contributed by atoms with Crippen molar-refractivity contribution >= 4 is 5.97 Å². The van der Waals surface area contributed by atoms with E-state index >= 15 is 0 Å². The summed E-state index contributed by atoms with van der Waals surface area (Å²) < 4.78 is 5.22. The van der Waals surface area contributed by atoms with Crippen molar-refractivity contribution in [3.05, 3.63) is 67.3 Å². The van der Waals surface area contributed by atoms with Crippen LogP contribution in [0.1, 0.15) is 11.6 Å². The molecule has 104 valence electrons. The van der Waals surface area contributed by atoms with E-state index in [0.717, 1.165) is 7.11 Å². The Morgan fingerprint density at radius 3 is 2.15 bits per heavy atom. The molecule has 0 fully saturated rings. The quantitative estimate of drug-likeness (QED) is 0.697. The molecule has 8 nitrogen and oxygen atoms in total. The van der Waals surface area contributed by atoms with Gasteiger partial charge in [0.1, 0.15) is 0 Å². The first-order valence-electron chi connectivity index (χ1n) is 5.62. The van der Waals surface area contributed by atoms with Gasteiger partial charge >= 0.3 is 23.0 Å². The van der Waals surface area contributed by atoms with Crippen LogP contribution in [0.25, 0.3) is 0 Å². The molecule has 1 atom stereocenters. The molecule has 0 aliphatic rings. The molecule has 8 heteroatoms. The smallest absolute Gasteiger partial charge is 0.334 e. The van der Waals surface area contributed by atoms with Gasteiger partial charge in [0.2, 0.25) is 0 Å². The fourth-order valence-corrected chi connectivity index (χ4v) is 1.81. The maximum Gasteiger partial charge on any atom is 0.334 e. The molecule has 0 aliphatic heterocycles. The number of nitrogens with one attached hydrogen (secondary N) is 2. The molecule has 0 amide bonds. The van der Waals surface area contributed by atoms with Gasteiger partial charge in [-0.3, -0.25) is 9.97 Å². The van der Waals surface area contributed by atoms with Gasteiger partial charge in [-0.25, -0.2) is 23.7 Å². The number of carbonyl (C=O) groups excluding carboxylic acids is 1. The molecule has 2 N–H and O–H groups in total. The van der Waals surface area contributed by atoms with Crippen molar-refractivity contribution < 1.29 is 9.53 Å². The van der Waals surface area contributed by atoms with Crippen LogP contribution in [-0.4, -0.2) is 27.6 Å². The van der Waals surface area contributed by atoms with E-state index < -0.39 is 29.1 Å². The van der Waals surface area contributed by atoms with E-state index in [0.29, 0.717) is 10.1 Å². The van der Waals surface area contributed by atoms with Crippen molar-refractivity contribution in [2.45, 2.75) is 6.04 Å². The Labute approximate surface area is 111 Å². The van der Waals surface area contributed by atoms with Gasteiger partial charge in [-0.2, -0.15) is 0 Å². The molecule has 0 spiro atoms. The number of esters is 1. The van der Waals surface area contributed by atoms with Crippen LogP contribution in [-0.2, 0) is 9.53 Å². The summed E-state index contributed by atoms with van der Waals surface area (Å²) in [5.74, 6) is -0.796. The highest BCUT2D eigenvalue weighted by Crippen LogP contribution is 2.16. The summed E-state index contributed by atoms with van der Waals surface area (Å²) in [6.07, 6.45) is 0. The first-order valence-corrected chi connectivity index (χ1v) is 5.62. The third kappa shape index (κ3) is 2.44. The minimum Gasteiger partial charge on any atom is -0.467 e. The zero-order valence-electron chi connectivity index (χ0n) is 10.5. The first-order chi connectivity index (χ1) is 9.54. The molecule has 2 aromatic rings. The molecule has 1 aromatic heterocycles. The molecule has 1 heterocycles. The van der Waals surface area contributed by atoms with Crippen LogP contribution in [0, 0.1) is 0 Å². The second-order valence-electron chi connectivity index (χ2n) is 3.90. The molecule has 0 aliphatic carbocycles. The number of methoxy groups -OCH3 is 1. The third-order valence-electron chi connectivity index (χ3n) is 2.68. The number of H-pyrrole nitrogens is 2. The van der Waals surface area contributed by atoms with Crippen molar-refractivity contribution in [1.29, 1.82) is 0 Å². The van der Waals surface area contributed by atoms with Crippen molar-refractivity contribution in [3.8, 4) is 0 Å². The lowest BCUT2D eigenvalue weighted by molar-refractivity contribution is -0.143. The van der Waals surface area contributed by atoms with Gasteiger partial charge in [0.25, 0.3) is 0 Å². The average Bonchev–Trinajstić information content (AvgIpc) is 2.42. The fraction of sp³-hybridized carbons (Fsp3) is 0.167. The molecule has 1 aromatic carbocycles. The lowest BCUT2D eigenvalue weighted by Crippen LogP contribution is -2.47. The largest absolute Gasteiger partial charge is 0.467 e. The Hall–Kier alpha value is -2.90. The van der Waals surface area contributed by atoms with Crippen LogP contribution < -0.4 is 17.1 Å². The van der Waals surface area contributed by atoms with Gasteiger partial charge in [-0.15, -0.1) is 0 Å². The number of carbonyl (C=O) groups is 1. The Bertz CT molecular complexity index is 753. The average molecular weight is 277 g/mol. The van der Waals surface area contributed by atoms with Gasteiger partial charge < -0.3 is 4.74 Å². The van der Waals surface area contributed by atoms with E-state index in [9.17, 15) is 19.2 Å². The Balaban J connectivity index is 2.72. The molecule has 0 bridgehead atoms. The number of aromatic amines is 2. The van der Waals surface area contributed by atoms with E-state index in [-0.39, 0.29) is 0 Å².